The molecule has 1 rings (SSSR count). The van der Waals surface area contributed by atoms with Crippen LogP contribution in [0.4, 0.5) is 0 Å². The summed E-state index contributed by atoms with van der Waals surface area (Å²) in [6, 6.07) is 0. The topological polar surface area (TPSA) is 175 Å². The highest BCUT2D eigenvalue weighted by Crippen LogP contribution is 2.26. The Kier molecular flexibility index (Phi) is 50.9. The van der Waals surface area contributed by atoms with Crippen molar-refractivity contribution in [3.63, 3.8) is 0 Å². The number of aliphatic carboxylic acids is 1. The average molecular weight is 1130 g/mol. The lowest BCUT2D eigenvalue weighted by molar-refractivity contribution is -0.301. The Bertz CT molecular complexity index is 1870. The molecule has 0 amide bonds. The quantitative estimate of drug-likeness (QED) is 0.0228. The van der Waals surface area contributed by atoms with Gasteiger partial charge in [0.25, 0.3) is 0 Å². The first-order valence-electron chi connectivity index (χ1n) is 31.5. The van der Waals surface area contributed by atoms with Gasteiger partial charge in [-0.15, -0.1) is 0 Å². The number of aliphatic hydroxyl groups excluding tert-OH is 2. The molecule has 458 valence electrons. The molecule has 12 nitrogen and oxygen atoms in total. The van der Waals surface area contributed by atoms with Gasteiger partial charge in [-0.3, -0.25) is 14.4 Å². The van der Waals surface area contributed by atoms with E-state index in [1.165, 1.54) is 70.6 Å². The number of carbonyl (C=O) groups is 4. The maximum Gasteiger partial charge on any atom is 0.335 e. The Morgan fingerprint density at radius 3 is 1.22 bits per heavy atom. The molecule has 6 unspecified atom stereocenters. The first-order chi connectivity index (χ1) is 39.6. The molecule has 1 fully saturated rings. The normalized spacial score (nSPS) is 18.6. The highest BCUT2D eigenvalue weighted by molar-refractivity contribution is 5.74. The number of carboxylic acids is 1. The molecule has 1 aliphatic heterocycles. The molecular weight excluding hydrogens is 1020 g/mol. The van der Waals surface area contributed by atoms with Crippen LogP contribution in [0.15, 0.2) is 122 Å². The number of carbonyl (C=O) groups excluding carboxylic acids is 3. The van der Waals surface area contributed by atoms with Gasteiger partial charge in [-0.25, -0.2) is 4.79 Å². The Morgan fingerprint density at radius 2 is 0.790 bits per heavy atom. The highest BCUT2D eigenvalue weighted by Gasteiger charge is 2.50. The second-order valence-electron chi connectivity index (χ2n) is 20.9. The minimum absolute atomic E-state index is 0.0106. The van der Waals surface area contributed by atoms with Crippen molar-refractivity contribution in [3.8, 4) is 0 Å². The van der Waals surface area contributed by atoms with Crippen molar-refractivity contribution in [3.05, 3.63) is 122 Å². The SMILES string of the molecule is CC/C=C\C/C=C\C/C=C\C/C=C\C/C=C\CCCCCC(=O)OC1C(OCC(COC(=O)CCC/C=C\C/C=C\C/C=C\C/C=C\C/C=C\CC)OC(=O)CCCCCCCCCCCCCCCCC)OC(C(=O)O)C(O)C1O. The monoisotopic (exact) mass is 1130 g/mol. The van der Waals surface area contributed by atoms with Gasteiger partial charge in [-0.2, -0.15) is 0 Å². The van der Waals surface area contributed by atoms with Crippen LogP contribution in [0.2, 0.25) is 0 Å². The third-order valence-corrected chi connectivity index (χ3v) is 13.5. The van der Waals surface area contributed by atoms with Crippen LogP contribution in [-0.2, 0) is 42.9 Å². The molecule has 81 heavy (non-hydrogen) atoms. The molecule has 6 atom stereocenters. The van der Waals surface area contributed by atoms with Crippen LogP contribution in [0.25, 0.3) is 0 Å². The number of aliphatic hydroxyl groups is 2. The number of hydrogen-bond donors (Lipinski definition) is 3. The van der Waals surface area contributed by atoms with Crippen LogP contribution in [0, 0.1) is 0 Å². The van der Waals surface area contributed by atoms with E-state index in [2.05, 4.69) is 136 Å². The van der Waals surface area contributed by atoms with E-state index in [9.17, 15) is 34.5 Å². The molecular formula is C69H110O12. The summed E-state index contributed by atoms with van der Waals surface area (Å²) in [6.07, 6.45) is 64.5. The number of allylic oxidation sites excluding steroid dienone is 20. The molecule has 1 saturated heterocycles. The molecule has 0 spiro atoms. The van der Waals surface area contributed by atoms with Crippen molar-refractivity contribution >= 4 is 23.9 Å². The standard InChI is InChI=1S/C69H110O12/c1-4-7-10-13-16-19-22-25-28-30-31-33-36-39-42-45-48-51-54-57-63(72)80-67-65(74)64(73)66(68(75)76)81-69(67)78-59-60(79-62(71)56-53-50-47-44-41-38-34-27-24-21-18-15-12-9-6-3)58-77-61(70)55-52-49-46-43-40-37-35-32-29-26-23-20-17-14-11-8-5-2/h7-8,10-11,16-17,19-20,25-26,28-29,31,33,35,37,39,42-43,46,60,64-67,69,73-74H,4-6,9,12-15,18,21-24,27,30,32,34,36,38,40-41,44-45,47-59H2,1-3H3,(H,75,76)/b10-7-,11-8-,19-16-,20-17-,28-25-,29-26-,33-31-,37-35-,42-39-,46-43-. The number of carboxylic acid groups (broad SMARTS) is 1. The lowest BCUT2D eigenvalue weighted by atomic mass is 9.98. The number of rotatable bonds is 52. The van der Waals surface area contributed by atoms with Gasteiger partial charge in [0, 0.05) is 19.3 Å². The summed E-state index contributed by atoms with van der Waals surface area (Å²) in [4.78, 5) is 51.3. The van der Waals surface area contributed by atoms with E-state index in [1.807, 2.05) is 6.08 Å². The number of unbranched alkanes of at least 4 members (excludes halogenated alkanes) is 18. The van der Waals surface area contributed by atoms with Crippen LogP contribution < -0.4 is 0 Å². The van der Waals surface area contributed by atoms with Crippen LogP contribution >= 0.6 is 0 Å². The van der Waals surface area contributed by atoms with Crippen LogP contribution in [-0.4, -0.2) is 89.2 Å². The largest absolute Gasteiger partial charge is 0.479 e. The lowest BCUT2D eigenvalue weighted by Gasteiger charge is -2.40. The van der Waals surface area contributed by atoms with Crippen molar-refractivity contribution < 1.29 is 58.2 Å². The van der Waals surface area contributed by atoms with E-state index >= 15 is 0 Å². The van der Waals surface area contributed by atoms with Gasteiger partial charge in [0.05, 0.1) is 6.61 Å². The summed E-state index contributed by atoms with van der Waals surface area (Å²) in [7, 11) is 0. The Hall–Kier alpha value is -4.88. The molecule has 0 aliphatic carbocycles. The van der Waals surface area contributed by atoms with Crippen molar-refractivity contribution in [2.24, 2.45) is 0 Å². The molecule has 12 heteroatoms. The second kappa shape index (κ2) is 55.6. The summed E-state index contributed by atoms with van der Waals surface area (Å²) in [5.74, 6) is -3.25. The minimum Gasteiger partial charge on any atom is -0.479 e. The maximum atomic E-state index is 13.2. The van der Waals surface area contributed by atoms with Gasteiger partial charge in [0.2, 0.25) is 0 Å². The fourth-order valence-electron chi connectivity index (χ4n) is 8.78. The minimum atomic E-state index is -1.93. The Morgan fingerprint density at radius 1 is 0.420 bits per heavy atom. The summed E-state index contributed by atoms with van der Waals surface area (Å²) < 4.78 is 28.4. The Labute approximate surface area is 490 Å². The predicted molar refractivity (Wildman–Crippen MR) is 330 cm³/mol. The van der Waals surface area contributed by atoms with Gasteiger partial charge in [0.1, 0.15) is 18.8 Å². The first-order valence-corrected chi connectivity index (χ1v) is 31.5. The number of hydrogen-bond acceptors (Lipinski definition) is 11. The van der Waals surface area contributed by atoms with Crippen molar-refractivity contribution in [2.45, 2.75) is 276 Å². The van der Waals surface area contributed by atoms with Gasteiger partial charge >= 0.3 is 23.9 Å². The van der Waals surface area contributed by atoms with Crippen molar-refractivity contribution in [1.29, 1.82) is 0 Å². The number of esters is 3. The molecule has 0 aromatic heterocycles. The van der Waals surface area contributed by atoms with Crippen LogP contribution in [0.3, 0.4) is 0 Å². The van der Waals surface area contributed by atoms with E-state index in [0.717, 1.165) is 103 Å². The zero-order valence-electron chi connectivity index (χ0n) is 50.5. The van der Waals surface area contributed by atoms with Crippen LogP contribution in [0.5, 0.6) is 0 Å². The van der Waals surface area contributed by atoms with Crippen LogP contribution in [0.1, 0.15) is 239 Å². The molecule has 0 radical (unpaired) electrons. The smallest absolute Gasteiger partial charge is 0.335 e. The molecule has 0 bridgehead atoms. The molecule has 1 heterocycles. The third kappa shape index (κ3) is 45.3. The van der Waals surface area contributed by atoms with Crippen molar-refractivity contribution in [1.82, 2.24) is 0 Å². The van der Waals surface area contributed by atoms with Gasteiger partial charge < -0.3 is 39.0 Å². The molecule has 3 N–H and O–H groups in total. The zero-order valence-corrected chi connectivity index (χ0v) is 50.5. The van der Waals surface area contributed by atoms with Crippen molar-refractivity contribution in [2.75, 3.05) is 13.2 Å². The zero-order chi connectivity index (χ0) is 58.9. The predicted octanol–water partition coefficient (Wildman–Crippen LogP) is 16.8. The van der Waals surface area contributed by atoms with E-state index in [4.69, 9.17) is 23.7 Å². The highest BCUT2D eigenvalue weighted by atomic mass is 16.7. The fraction of sp³-hybridized carbons (Fsp3) is 0.652. The average Bonchev–Trinajstić information content (AvgIpc) is 3.54. The lowest BCUT2D eigenvalue weighted by Crippen LogP contribution is -2.61. The van der Waals surface area contributed by atoms with Gasteiger partial charge in [-0.05, 0) is 103 Å². The van der Waals surface area contributed by atoms with Gasteiger partial charge in [0.15, 0.2) is 24.6 Å². The molecule has 0 aromatic carbocycles. The van der Waals surface area contributed by atoms with Gasteiger partial charge in [-0.1, -0.05) is 239 Å². The second-order valence-corrected chi connectivity index (χ2v) is 20.9. The summed E-state index contributed by atoms with van der Waals surface area (Å²) in [6.45, 7) is 5.71. The molecule has 0 aromatic rings. The van der Waals surface area contributed by atoms with E-state index in [1.54, 1.807) is 0 Å². The first kappa shape index (κ1) is 74.1. The van der Waals surface area contributed by atoms with E-state index in [0.29, 0.717) is 25.7 Å². The summed E-state index contributed by atoms with van der Waals surface area (Å²) in [5, 5.41) is 31.6. The summed E-state index contributed by atoms with van der Waals surface area (Å²) >= 11 is 0. The Balaban J connectivity index is 2.73. The third-order valence-electron chi connectivity index (χ3n) is 13.5. The van der Waals surface area contributed by atoms with E-state index in [-0.39, 0.29) is 25.9 Å². The molecule has 0 saturated carbocycles. The molecule has 1 aliphatic rings. The maximum absolute atomic E-state index is 13.2. The number of ether oxygens (including phenoxy) is 5. The fourth-order valence-corrected chi connectivity index (χ4v) is 8.78. The summed E-state index contributed by atoms with van der Waals surface area (Å²) in [5.41, 5.74) is 0. The van der Waals surface area contributed by atoms with E-state index < -0.39 is 67.3 Å².